The van der Waals surface area contributed by atoms with Crippen LogP contribution in [0.25, 0.3) is 5.69 Å². The number of hydrogen-bond donors (Lipinski definition) is 1. The number of unbranched alkanes of at least 4 members (excludes halogenated alkanes) is 1. The number of aromatic nitrogens is 2. The molecule has 0 amide bonds. The Morgan fingerprint density at radius 3 is 2.89 bits per heavy atom. The molecule has 100 valence electrons. The van der Waals surface area contributed by atoms with Crippen molar-refractivity contribution in [2.45, 2.75) is 38.0 Å². The highest BCUT2D eigenvalue weighted by Gasteiger charge is 2.27. The van der Waals surface area contributed by atoms with Gasteiger partial charge in [0.05, 0.1) is 5.69 Å². The summed E-state index contributed by atoms with van der Waals surface area (Å²) in [6, 6.07) is 10.9. The molecule has 1 aromatic carbocycles. The highest BCUT2D eigenvalue weighted by Crippen LogP contribution is 2.40. The molecule has 1 heterocycles. The summed E-state index contributed by atoms with van der Waals surface area (Å²) in [4.78, 5) is 0. The number of benzene rings is 1. The van der Waals surface area contributed by atoms with Crippen LogP contribution in [0.15, 0.2) is 36.5 Å². The van der Waals surface area contributed by atoms with Gasteiger partial charge in [-0.15, -0.1) is 0 Å². The smallest absolute Gasteiger partial charge is 0.0651 e. The topological polar surface area (TPSA) is 43.8 Å². The van der Waals surface area contributed by atoms with E-state index < -0.39 is 0 Å². The molecule has 1 saturated carbocycles. The Hall–Kier alpha value is -1.61. The van der Waals surface area contributed by atoms with Crippen LogP contribution in [0.4, 0.5) is 0 Å². The average Bonchev–Trinajstić information content (AvgIpc) is 3.17. The molecular formula is C16H21N3. The zero-order chi connectivity index (χ0) is 13.1. The molecule has 0 unspecified atom stereocenters. The summed E-state index contributed by atoms with van der Waals surface area (Å²) in [5, 5.41) is 4.48. The van der Waals surface area contributed by atoms with Crippen molar-refractivity contribution in [2.24, 2.45) is 5.73 Å². The standard InChI is InChI=1S/C16H21N3/c17-10-2-1-4-13-5-3-6-15(12-13)19-16(9-11-18-19)14-7-8-14/h3,5-6,9,11-12,14H,1-2,4,7-8,10,17H2. The second-order valence-corrected chi connectivity index (χ2v) is 5.36. The van der Waals surface area contributed by atoms with Crippen molar-refractivity contribution in [3.8, 4) is 5.69 Å². The molecule has 3 heteroatoms. The number of nitrogens with zero attached hydrogens (tertiary/aromatic N) is 2. The van der Waals surface area contributed by atoms with E-state index in [1.54, 1.807) is 0 Å². The minimum absolute atomic E-state index is 0.725. The van der Waals surface area contributed by atoms with Crippen LogP contribution >= 0.6 is 0 Å². The van der Waals surface area contributed by atoms with Gasteiger partial charge in [0.2, 0.25) is 0 Å². The lowest BCUT2D eigenvalue weighted by atomic mass is 10.1. The molecule has 2 aromatic rings. The molecule has 0 aliphatic heterocycles. The maximum atomic E-state index is 5.55. The van der Waals surface area contributed by atoms with E-state index in [9.17, 15) is 0 Å². The van der Waals surface area contributed by atoms with Crippen molar-refractivity contribution in [2.75, 3.05) is 6.54 Å². The molecule has 0 spiro atoms. The predicted octanol–water partition coefficient (Wildman–Crippen LogP) is 3.03. The van der Waals surface area contributed by atoms with Gasteiger partial charge in [0, 0.05) is 17.8 Å². The second kappa shape index (κ2) is 5.57. The van der Waals surface area contributed by atoms with Crippen LogP contribution in [0.5, 0.6) is 0 Å². The van der Waals surface area contributed by atoms with Gasteiger partial charge in [-0.25, -0.2) is 4.68 Å². The Morgan fingerprint density at radius 2 is 2.11 bits per heavy atom. The first kappa shape index (κ1) is 12.4. The van der Waals surface area contributed by atoms with Crippen LogP contribution in [-0.2, 0) is 6.42 Å². The van der Waals surface area contributed by atoms with E-state index in [0.29, 0.717) is 0 Å². The Labute approximate surface area is 114 Å². The third kappa shape index (κ3) is 2.87. The van der Waals surface area contributed by atoms with Crippen molar-refractivity contribution < 1.29 is 0 Å². The van der Waals surface area contributed by atoms with Gasteiger partial charge in [0.15, 0.2) is 0 Å². The molecule has 19 heavy (non-hydrogen) atoms. The summed E-state index contributed by atoms with van der Waals surface area (Å²) >= 11 is 0. The van der Waals surface area contributed by atoms with Crippen LogP contribution < -0.4 is 5.73 Å². The van der Waals surface area contributed by atoms with Crippen LogP contribution in [0.1, 0.15) is 42.9 Å². The van der Waals surface area contributed by atoms with Crippen molar-refractivity contribution in [1.82, 2.24) is 9.78 Å². The first-order chi connectivity index (χ1) is 9.38. The fourth-order valence-corrected chi connectivity index (χ4v) is 2.53. The summed E-state index contributed by atoms with van der Waals surface area (Å²) in [5.41, 5.74) is 9.48. The zero-order valence-corrected chi connectivity index (χ0v) is 11.3. The summed E-state index contributed by atoms with van der Waals surface area (Å²) in [7, 11) is 0. The van der Waals surface area contributed by atoms with Crippen LogP contribution in [-0.4, -0.2) is 16.3 Å². The van der Waals surface area contributed by atoms with E-state index in [2.05, 4.69) is 40.1 Å². The van der Waals surface area contributed by atoms with E-state index in [0.717, 1.165) is 31.7 Å². The molecule has 0 atom stereocenters. The van der Waals surface area contributed by atoms with Crippen LogP contribution in [0.3, 0.4) is 0 Å². The normalized spacial score (nSPS) is 14.8. The lowest BCUT2D eigenvalue weighted by Gasteiger charge is -2.08. The van der Waals surface area contributed by atoms with E-state index in [-0.39, 0.29) is 0 Å². The Morgan fingerprint density at radius 1 is 1.21 bits per heavy atom. The Kier molecular flexibility index (Phi) is 3.65. The van der Waals surface area contributed by atoms with Gasteiger partial charge >= 0.3 is 0 Å². The van der Waals surface area contributed by atoms with Gasteiger partial charge in [0.1, 0.15) is 0 Å². The van der Waals surface area contributed by atoms with E-state index in [1.807, 2.05) is 6.20 Å². The van der Waals surface area contributed by atoms with E-state index >= 15 is 0 Å². The van der Waals surface area contributed by atoms with Crippen molar-refractivity contribution in [3.63, 3.8) is 0 Å². The maximum Gasteiger partial charge on any atom is 0.0651 e. The first-order valence-electron chi connectivity index (χ1n) is 7.22. The first-order valence-corrected chi connectivity index (χ1v) is 7.22. The quantitative estimate of drug-likeness (QED) is 0.806. The number of aryl methyl sites for hydroxylation is 1. The number of nitrogens with two attached hydrogens (primary N) is 1. The van der Waals surface area contributed by atoms with Gasteiger partial charge in [-0.05, 0) is 62.4 Å². The average molecular weight is 255 g/mol. The SMILES string of the molecule is NCCCCc1cccc(-n2nccc2C2CC2)c1. The molecule has 1 aromatic heterocycles. The minimum atomic E-state index is 0.725. The van der Waals surface area contributed by atoms with Crippen molar-refractivity contribution in [1.29, 1.82) is 0 Å². The monoisotopic (exact) mass is 255 g/mol. The molecule has 1 aliphatic rings. The molecule has 0 saturated heterocycles. The van der Waals surface area contributed by atoms with Crippen molar-refractivity contribution in [3.05, 3.63) is 47.8 Å². The maximum absolute atomic E-state index is 5.55. The summed E-state index contributed by atoms with van der Waals surface area (Å²) in [6.45, 7) is 0.782. The molecule has 2 N–H and O–H groups in total. The van der Waals surface area contributed by atoms with Gasteiger partial charge < -0.3 is 5.73 Å². The largest absolute Gasteiger partial charge is 0.330 e. The van der Waals surface area contributed by atoms with Crippen molar-refractivity contribution >= 4 is 0 Å². The van der Waals surface area contributed by atoms with E-state index in [1.165, 1.54) is 29.8 Å². The second-order valence-electron chi connectivity index (χ2n) is 5.36. The minimum Gasteiger partial charge on any atom is -0.330 e. The fourth-order valence-electron chi connectivity index (χ4n) is 2.53. The summed E-state index contributed by atoms with van der Waals surface area (Å²) in [6.07, 6.45) is 7.89. The highest BCUT2D eigenvalue weighted by molar-refractivity contribution is 5.38. The van der Waals surface area contributed by atoms with Crippen LogP contribution in [0, 0.1) is 0 Å². The van der Waals surface area contributed by atoms with Gasteiger partial charge in [-0.1, -0.05) is 12.1 Å². The number of rotatable bonds is 6. The van der Waals surface area contributed by atoms with E-state index in [4.69, 9.17) is 5.73 Å². The van der Waals surface area contributed by atoms with Gasteiger partial charge in [0.25, 0.3) is 0 Å². The Balaban J connectivity index is 1.80. The molecule has 3 rings (SSSR count). The molecule has 0 bridgehead atoms. The highest BCUT2D eigenvalue weighted by atomic mass is 15.3. The third-order valence-electron chi connectivity index (χ3n) is 3.74. The lowest BCUT2D eigenvalue weighted by molar-refractivity contribution is 0.742. The number of hydrogen-bond acceptors (Lipinski definition) is 2. The summed E-state index contributed by atoms with van der Waals surface area (Å²) < 4.78 is 2.10. The molecule has 3 nitrogen and oxygen atoms in total. The molecule has 1 fully saturated rings. The van der Waals surface area contributed by atoms with Gasteiger partial charge in [-0.3, -0.25) is 0 Å². The molecule has 0 radical (unpaired) electrons. The molecule has 1 aliphatic carbocycles. The zero-order valence-electron chi connectivity index (χ0n) is 11.3. The van der Waals surface area contributed by atoms with Gasteiger partial charge in [-0.2, -0.15) is 5.10 Å². The van der Waals surface area contributed by atoms with Crippen LogP contribution in [0.2, 0.25) is 0 Å². The molecular weight excluding hydrogens is 234 g/mol. The lowest BCUT2D eigenvalue weighted by Crippen LogP contribution is -2.02. The predicted molar refractivity (Wildman–Crippen MR) is 77.5 cm³/mol. The Bertz CT molecular complexity index is 540. The summed E-state index contributed by atoms with van der Waals surface area (Å²) in [5.74, 6) is 0.725. The third-order valence-corrected chi connectivity index (χ3v) is 3.74. The fraction of sp³-hybridized carbons (Fsp3) is 0.438.